The van der Waals surface area contributed by atoms with Gasteiger partial charge in [0.05, 0.1) is 0 Å². The van der Waals surface area contributed by atoms with Gasteiger partial charge in [-0.3, -0.25) is 9.69 Å². The highest BCUT2D eigenvalue weighted by Gasteiger charge is 2.13. The zero-order chi connectivity index (χ0) is 10.7. The van der Waals surface area contributed by atoms with Crippen molar-refractivity contribution < 1.29 is 9.90 Å². The lowest BCUT2D eigenvalue weighted by Gasteiger charge is -2.15. The third-order valence-electron chi connectivity index (χ3n) is 2.84. The largest absolute Gasteiger partial charge is 0.508 e. The molecule has 80 valence electrons. The molecule has 15 heavy (non-hydrogen) atoms. The van der Waals surface area contributed by atoms with E-state index in [1.807, 2.05) is 6.07 Å². The van der Waals surface area contributed by atoms with Crippen LogP contribution >= 0.6 is 0 Å². The summed E-state index contributed by atoms with van der Waals surface area (Å²) in [4.78, 5) is 12.8. The number of carbonyl (C=O) groups excluding carboxylic acids is 1. The molecular formula is C12H15NO2. The number of phenols is 1. The lowest BCUT2D eigenvalue weighted by atomic mass is 10.1. The number of hydrogen-bond acceptors (Lipinski definition) is 3. The molecule has 3 nitrogen and oxygen atoms in total. The maximum atomic E-state index is 10.5. The number of hydrogen-bond donors (Lipinski definition) is 1. The van der Waals surface area contributed by atoms with Crippen LogP contribution in [0.1, 0.15) is 28.8 Å². The second-order valence-electron chi connectivity index (χ2n) is 3.99. The van der Waals surface area contributed by atoms with Crippen LogP contribution in [0.4, 0.5) is 0 Å². The molecule has 1 aliphatic rings. The number of likely N-dealkylation sites (tertiary alicyclic amines) is 1. The van der Waals surface area contributed by atoms with Crippen molar-refractivity contribution in [1.82, 2.24) is 4.90 Å². The summed E-state index contributed by atoms with van der Waals surface area (Å²) in [6.07, 6.45) is 3.24. The van der Waals surface area contributed by atoms with Crippen LogP contribution in [-0.4, -0.2) is 29.4 Å². The summed E-state index contributed by atoms with van der Waals surface area (Å²) in [7, 11) is 0. The molecule has 0 aromatic heterocycles. The number of nitrogens with zero attached hydrogens (tertiary/aromatic N) is 1. The number of aromatic hydroxyl groups is 1. The molecular weight excluding hydrogens is 190 g/mol. The second kappa shape index (κ2) is 4.45. The fraction of sp³-hybridized carbons (Fsp3) is 0.417. The van der Waals surface area contributed by atoms with Crippen molar-refractivity contribution in [2.75, 3.05) is 13.1 Å². The molecule has 0 unspecified atom stereocenters. The molecule has 0 amide bonds. The van der Waals surface area contributed by atoms with Crippen LogP contribution < -0.4 is 0 Å². The average molecular weight is 205 g/mol. The summed E-state index contributed by atoms with van der Waals surface area (Å²) < 4.78 is 0. The van der Waals surface area contributed by atoms with E-state index in [9.17, 15) is 9.90 Å². The summed E-state index contributed by atoms with van der Waals surface area (Å²) in [5.74, 6) is 0.228. The number of carbonyl (C=O) groups is 1. The van der Waals surface area contributed by atoms with E-state index in [2.05, 4.69) is 4.90 Å². The van der Waals surface area contributed by atoms with Gasteiger partial charge in [0.15, 0.2) is 0 Å². The summed E-state index contributed by atoms with van der Waals surface area (Å²) in [6.45, 7) is 2.99. The van der Waals surface area contributed by atoms with Crippen LogP contribution in [0.2, 0.25) is 0 Å². The smallest absolute Gasteiger partial charge is 0.150 e. The summed E-state index contributed by atoms with van der Waals surface area (Å²) >= 11 is 0. The molecule has 0 aliphatic carbocycles. The van der Waals surface area contributed by atoms with Crippen molar-refractivity contribution in [1.29, 1.82) is 0 Å². The fourth-order valence-corrected chi connectivity index (χ4v) is 1.97. The molecule has 2 rings (SSSR count). The van der Waals surface area contributed by atoms with Gasteiger partial charge < -0.3 is 5.11 Å². The molecule has 1 saturated heterocycles. The highest BCUT2D eigenvalue weighted by Crippen LogP contribution is 2.21. The van der Waals surface area contributed by atoms with Crippen LogP contribution in [-0.2, 0) is 6.54 Å². The Hall–Kier alpha value is -1.35. The predicted molar refractivity (Wildman–Crippen MR) is 58.0 cm³/mol. The standard InChI is InChI=1S/C12H15NO2/c14-9-10-3-4-11(12(15)7-10)8-13-5-1-2-6-13/h3-4,7,9,15H,1-2,5-6,8H2. The van der Waals surface area contributed by atoms with E-state index in [0.29, 0.717) is 5.56 Å². The molecule has 0 bridgehead atoms. The van der Waals surface area contributed by atoms with Gasteiger partial charge in [-0.05, 0) is 32.0 Å². The van der Waals surface area contributed by atoms with Gasteiger partial charge in [-0.2, -0.15) is 0 Å². The van der Waals surface area contributed by atoms with Crippen molar-refractivity contribution in [2.45, 2.75) is 19.4 Å². The molecule has 1 heterocycles. The average Bonchev–Trinajstić information content (AvgIpc) is 2.74. The monoisotopic (exact) mass is 205 g/mol. The molecule has 1 aromatic carbocycles. The number of phenolic OH excluding ortho intramolecular Hbond substituents is 1. The predicted octanol–water partition coefficient (Wildman–Crippen LogP) is 1.80. The first kappa shape index (κ1) is 10.2. The first-order valence-electron chi connectivity index (χ1n) is 5.29. The summed E-state index contributed by atoms with van der Waals surface area (Å²) in [6, 6.07) is 5.11. The van der Waals surface area contributed by atoms with Crippen molar-refractivity contribution in [3.05, 3.63) is 29.3 Å². The number of benzene rings is 1. The molecule has 1 aliphatic heterocycles. The number of rotatable bonds is 3. The Kier molecular flexibility index (Phi) is 3.02. The number of aldehydes is 1. The quantitative estimate of drug-likeness (QED) is 0.765. The Balaban J connectivity index is 2.10. The van der Waals surface area contributed by atoms with E-state index in [4.69, 9.17) is 0 Å². The van der Waals surface area contributed by atoms with Gasteiger partial charge in [-0.1, -0.05) is 12.1 Å². The zero-order valence-corrected chi connectivity index (χ0v) is 8.65. The van der Waals surface area contributed by atoms with E-state index < -0.39 is 0 Å². The van der Waals surface area contributed by atoms with Gasteiger partial charge in [0, 0.05) is 17.7 Å². The minimum Gasteiger partial charge on any atom is -0.508 e. The van der Waals surface area contributed by atoms with E-state index in [-0.39, 0.29) is 5.75 Å². The lowest BCUT2D eigenvalue weighted by molar-refractivity contribution is 0.112. The Morgan fingerprint density at radius 3 is 2.67 bits per heavy atom. The van der Waals surface area contributed by atoms with Crippen molar-refractivity contribution >= 4 is 6.29 Å². The van der Waals surface area contributed by atoms with Gasteiger partial charge in [-0.25, -0.2) is 0 Å². The van der Waals surface area contributed by atoms with Crippen LogP contribution in [0.15, 0.2) is 18.2 Å². The van der Waals surface area contributed by atoms with Crippen molar-refractivity contribution in [2.24, 2.45) is 0 Å². The summed E-state index contributed by atoms with van der Waals surface area (Å²) in [5, 5.41) is 9.70. The summed E-state index contributed by atoms with van der Waals surface area (Å²) in [5.41, 5.74) is 1.43. The molecule has 1 N–H and O–H groups in total. The van der Waals surface area contributed by atoms with Gasteiger partial charge >= 0.3 is 0 Å². The topological polar surface area (TPSA) is 40.5 Å². The fourth-order valence-electron chi connectivity index (χ4n) is 1.97. The Bertz CT molecular complexity index is 357. The third kappa shape index (κ3) is 2.36. The first-order chi connectivity index (χ1) is 7.29. The van der Waals surface area contributed by atoms with E-state index in [1.54, 1.807) is 6.07 Å². The highest BCUT2D eigenvalue weighted by atomic mass is 16.3. The zero-order valence-electron chi connectivity index (χ0n) is 8.65. The maximum Gasteiger partial charge on any atom is 0.150 e. The van der Waals surface area contributed by atoms with Crippen LogP contribution in [0.3, 0.4) is 0 Å². The van der Waals surface area contributed by atoms with Crippen molar-refractivity contribution in [3.8, 4) is 5.75 Å². The lowest BCUT2D eigenvalue weighted by Crippen LogP contribution is -2.18. The van der Waals surface area contributed by atoms with Gasteiger partial charge in [0.1, 0.15) is 12.0 Å². The van der Waals surface area contributed by atoms with E-state index in [0.717, 1.165) is 31.5 Å². The van der Waals surface area contributed by atoms with E-state index >= 15 is 0 Å². The SMILES string of the molecule is O=Cc1ccc(CN2CCCC2)c(O)c1. The minimum atomic E-state index is 0.228. The molecule has 0 saturated carbocycles. The van der Waals surface area contributed by atoms with Gasteiger partial charge in [0.2, 0.25) is 0 Å². The maximum absolute atomic E-state index is 10.5. The second-order valence-corrected chi connectivity index (χ2v) is 3.99. The molecule has 0 atom stereocenters. The van der Waals surface area contributed by atoms with Gasteiger partial charge in [-0.15, -0.1) is 0 Å². The van der Waals surface area contributed by atoms with Crippen LogP contribution in [0.25, 0.3) is 0 Å². The Morgan fingerprint density at radius 2 is 2.07 bits per heavy atom. The Morgan fingerprint density at radius 1 is 1.33 bits per heavy atom. The molecule has 1 aromatic rings. The van der Waals surface area contributed by atoms with Gasteiger partial charge in [0.25, 0.3) is 0 Å². The first-order valence-corrected chi connectivity index (χ1v) is 5.29. The van der Waals surface area contributed by atoms with Crippen LogP contribution in [0.5, 0.6) is 5.75 Å². The van der Waals surface area contributed by atoms with E-state index in [1.165, 1.54) is 18.9 Å². The highest BCUT2D eigenvalue weighted by molar-refractivity contribution is 5.75. The van der Waals surface area contributed by atoms with Crippen molar-refractivity contribution in [3.63, 3.8) is 0 Å². The molecule has 3 heteroatoms. The molecule has 0 spiro atoms. The normalized spacial score (nSPS) is 16.8. The molecule has 0 radical (unpaired) electrons. The Labute approximate surface area is 89.3 Å². The minimum absolute atomic E-state index is 0.228. The molecule has 1 fully saturated rings. The van der Waals surface area contributed by atoms with Crippen LogP contribution in [0, 0.1) is 0 Å². The third-order valence-corrected chi connectivity index (χ3v) is 2.84.